The van der Waals surface area contributed by atoms with Gasteiger partial charge in [-0.25, -0.2) is 0 Å². The Hall–Kier alpha value is -3.00. The van der Waals surface area contributed by atoms with E-state index in [2.05, 4.69) is 4.98 Å². The Labute approximate surface area is 156 Å². The molecule has 0 saturated carbocycles. The number of hydrogen-bond acceptors (Lipinski definition) is 6. The van der Waals surface area contributed by atoms with Crippen LogP contribution in [0.25, 0.3) is 0 Å². The zero-order chi connectivity index (χ0) is 19.1. The number of carbonyl (C=O) groups is 1. The molecule has 1 amide bonds. The van der Waals surface area contributed by atoms with E-state index >= 15 is 0 Å². The first-order valence-electron chi connectivity index (χ1n) is 8.77. The van der Waals surface area contributed by atoms with Crippen LogP contribution in [0.3, 0.4) is 0 Å². The summed E-state index contributed by atoms with van der Waals surface area (Å²) in [5.41, 5.74) is 0.839. The Morgan fingerprint density at radius 3 is 2.96 bits per heavy atom. The highest BCUT2D eigenvalue weighted by Gasteiger charge is 2.23. The second-order valence-corrected chi connectivity index (χ2v) is 6.31. The van der Waals surface area contributed by atoms with Gasteiger partial charge in [-0.1, -0.05) is 12.1 Å². The van der Waals surface area contributed by atoms with E-state index in [-0.39, 0.29) is 30.1 Å². The number of aromatic nitrogens is 1. The van der Waals surface area contributed by atoms with E-state index in [4.69, 9.17) is 9.47 Å². The highest BCUT2D eigenvalue weighted by atomic mass is 16.6. The minimum absolute atomic E-state index is 0.0171. The number of carbonyl (C=O) groups excluding carboxylic acids is 1. The van der Waals surface area contributed by atoms with Crippen molar-refractivity contribution in [3.05, 3.63) is 64.5 Å². The quantitative estimate of drug-likeness (QED) is 0.523. The fourth-order valence-corrected chi connectivity index (χ4v) is 2.92. The molecule has 27 heavy (non-hydrogen) atoms. The van der Waals surface area contributed by atoms with Gasteiger partial charge in [0.2, 0.25) is 0 Å². The molecule has 1 aromatic carbocycles. The third-order valence-electron chi connectivity index (χ3n) is 4.29. The summed E-state index contributed by atoms with van der Waals surface area (Å²) in [4.78, 5) is 28.8. The highest BCUT2D eigenvalue weighted by Crippen LogP contribution is 2.20. The van der Waals surface area contributed by atoms with Crippen LogP contribution in [-0.4, -0.2) is 46.6 Å². The maximum absolute atomic E-state index is 12.7. The Bertz CT molecular complexity index is 778. The molecule has 142 valence electrons. The summed E-state index contributed by atoms with van der Waals surface area (Å²) < 4.78 is 11.1. The van der Waals surface area contributed by atoms with Crippen LogP contribution in [0.5, 0.6) is 5.75 Å². The second-order valence-electron chi connectivity index (χ2n) is 6.31. The van der Waals surface area contributed by atoms with Crippen LogP contribution >= 0.6 is 0 Å². The molecule has 2 heterocycles. The van der Waals surface area contributed by atoms with Crippen molar-refractivity contribution in [2.24, 2.45) is 0 Å². The summed E-state index contributed by atoms with van der Waals surface area (Å²) in [5, 5.41) is 10.9. The lowest BCUT2D eigenvalue weighted by Crippen LogP contribution is -2.39. The maximum atomic E-state index is 12.7. The molecule has 0 spiro atoms. The third-order valence-corrected chi connectivity index (χ3v) is 4.29. The summed E-state index contributed by atoms with van der Waals surface area (Å²) >= 11 is 0. The van der Waals surface area contributed by atoms with Gasteiger partial charge in [0.1, 0.15) is 5.75 Å². The molecule has 8 nitrogen and oxygen atoms in total. The zero-order valence-corrected chi connectivity index (χ0v) is 14.8. The Morgan fingerprint density at radius 1 is 1.37 bits per heavy atom. The minimum Gasteiger partial charge on any atom is -0.484 e. The molecule has 1 aliphatic heterocycles. The van der Waals surface area contributed by atoms with E-state index < -0.39 is 4.92 Å². The van der Waals surface area contributed by atoms with Crippen LogP contribution in [0, 0.1) is 10.1 Å². The van der Waals surface area contributed by atoms with E-state index in [9.17, 15) is 14.9 Å². The molecule has 1 atom stereocenters. The van der Waals surface area contributed by atoms with Crippen molar-refractivity contribution >= 4 is 11.6 Å². The topological polar surface area (TPSA) is 94.8 Å². The molecule has 1 aromatic heterocycles. The van der Waals surface area contributed by atoms with Crippen LogP contribution in [-0.2, 0) is 16.1 Å². The molecule has 8 heteroatoms. The largest absolute Gasteiger partial charge is 0.484 e. The number of nitro groups is 1. The number of benzene rings is 1. The predicted octanol–water partition coefficient (Wildman–Crippen LogP) is 2.58. The number of non-ortho nitro benzene ring substituents is 1. The van der Waals surface area contributed by atoms with Crippen LogP contribution < -0.4 is 4.74 Å². The van der Waals surface area contributed by atoms with Gasteiger partial charge in [-0.15, -0.1) is 0 Å². The van der Waals surface area contributed by atoms with Gasteiger partial charge < -0.3 is 14.4 Å². The number of amides is 1. The molecule has 3 rings (SSSR count). The second kappa shape index (κ2) is 9.09. The van der Waals surface area contributed by atoms with Crippen molar-refractivity contribution in [3.8, 4) is 5.75 Å². The first-order valence-corrected chi connectivity index (χ1v) is 8.77. The van der Waals surface area contributed by atoms with E-state index in [1.165, 1.54) is 18.2 Å². The van der Waals surface area contributed by atoms with Gasteiger partial charge in [-0.05, 0) is 30.5 Å². The van der Waals surface area contributed by atoms with Gasteiger partial charge in [0.15, 0.2) is 6.61 Å². The normalized spacial score (nSPS) is 16.1. The zero-order valence-electron chi connectivity index (χ0n) is 14.8. The predicted molar refractivity (Wildman–Crippen MR) is 97.2 cm³/mol. The summed E-state index contributed by atoms with van der Waals surface area (Å²) in [6.45, 7) is 1.40. The summed E-state index contributed by atoms with van der Waals surface area (Å²) in [6, 6.07) is 9.52. The number of rotatable bonds is 8. The molecule has 1 aliphatic rings. The average molecular weight is 371 g/mol. The monoisotopic (exact) mass is 371 g/mol. The molecule has 0 bridgehead atoms. The van der Waals surface area contributed by atoms with Crippen LogP contribution in [0.2, 0.25) is 0 Å². The molecular formula is C19H21N3O5. The van der Waals surface area contributed by atoms with E-state index in [0.29, 0.717) is 19.7 Å². The van der Waals surface area contributed by atoms with Gasteiger partial charge in [0, 0.05) is 38.2 Å². The van der Waals surface area contributed by atoms with Gasteiger partial charge in [0.25, 0.3) is 11.6 Å². The third kappa shape index (κ3) is 5.49. The van der Waals surface area contributed by atoms with Crippen molar-refractivity contribution in [2.45, 2.75) is 25.5 Å². The molecule has 0 radical (unpaired) electrons. The number of nitrogens with zero attached hydrogens (tertiary/aromatic N) is 3. The Kier molecular flexibility index (Phi) is 6.32. The lowest BCUT2D eigenvalue weighted by molar-refractivity contribution is -0.384. The Balaban J connectivity index is 1.64. The van der Waals surface area contributed by atoms with Crippen molar-refractivity contribution in [1.29, 1.82) is 0 Å². The number of ether oxygens (including phenoxy) is 2. The summed E-state index contributed by atoms with van der Waals surface area (Å²) in [6.07, 6.45) is 5.33. The minimum atomic E-state index is -0.499. The number of nitro benzene ring substituents is 1. The fraction of sp³-hybridized carbons (Fsp3) is 0.368. The lowest BCUT2D eigenvalue weighted by Gasteiger charge is -2.25. The van der Waals surface area contributed by atoms with Crippen molar-refractivity contribution < 1.29 is 19.2 Å². The molecule has 1 fully saturated rings. The van der Waals surface area contributed by atoms with Gasteiger partial charge in [-0.2, -0.15) is 0 Å². The van der Waals surface area contributed by atoms with Crippen LogP contribution in [0.15, 0.2) is 48.8 Å². The number of hydrogen-bond donors (Lipinski definition) is 0. The van der Waals surface area contributed by atoms with Gasteiger partial charge in [0.05, 0.1) is 17.1 Å². The molecule has 2 aromatic rings. The van der Waals surface area contributed by atoms with Crippen molar-refractivity contribution in [3.63, 3.8) is 0 Å². The maximum Gasteiger partial charge on any atom is 0.273 e. The van der Waals surface area contributed by atoms with E-state index in [0.717, 1.165) is 18.4 Å². The molecular weight excluding hydrogens is 350 g/mol. The van der Waals surface area contributed by atoms with Crippen LogP contribution in [0.1, 0.15) is 18.4 Å². The average Bonchev–Trinajstić information content (AvgIpc) is 3.20. The first-order chi connectivity index (χ1) is 13.1. The fourth-order valence-electron chi connectivity index (χ4n) is 2.92. The van der Waals surface area contributed by atoms with Crippen molar-refractivity contribution in [2.75, 3.05) is 19.8 Å². The van der Waals surface area contributed by atoms with Gasteiger partial charge in [-0.3, -0.25) is 19.9 Å². The van der Waals surface area contributed by atoms with Gasteiger partial charge >= 0.3 is 0 Å². The van der Waals surface area contributed by atoms with E-state index in [1.807, 2.05) is 12.1 Å². The number of pyridine rings is 1. The molecule has 0 N–H and O–H groups in total. The molecule has 1 saturated heterocycles. The van der Waals surface area contributed by atoms with Crippen molar-refractivity contribution in [1.82, 2.24) is 9.88 Å². The highest BCUT2D eigenvalue weighted by molar-refractivity contribution is 5.77. The van der Waals surface area contributed by atoms with E-state index in [1.54, 1.807) is 23.4 Å². The molecule has 0 aliphatic carbocycles. The summed E-state index contributed by atoms with van der Waals surface area (Å²) in [5.74, 6) is 0.0804. The van der Waals surface area contributed by atoms with Crippen LogP contribution in [0.4, 0.5) is 5.69 Å². The molecule has 1 unspecified atom stereocenters. The lowest BCUT2D eigenvalue weighted by atomic mass is 10.2. The Morgan fingerprint density at radius 2 is 2.26 bits per heavy atom. The summed E-state index contributed by atoms with van der Waals surface area (Å²) in [7, 11) is 0. The standard InChI is InChI=1S/C19H21N3O5/c23-19(14-27-17-6-1-5-16(10-17)22(24)25)21(13-18-7-3-9-26-18)12-15-4-2-8-20-11-15/h1-2,4-6,8,10-11,18H,3,7,9,12-14H2. The SMILES string of the molecule is O=C(COc1cccc([N+](=O)[O-])c1)N(Cc1cccnc1)CC1CCCO1. The smallest absolute Gasteiger partial charge is 0.273 e. The first kappa shape index (κ1) is 18.8.